The summed E-state index contributed by atoms with van der Waals surface area (Å²) in [6, 6.07) is 7.11. The lowest BCUT2D eigenvalue weighted by Crippen LogP contribution is -2.35. The van der Waals surface area contributed by atoms with Gasteiger partial charge in [-0.05, 0) is 24.2 Å². The monoisotopic (exact) mass is 207 g/mol. The van der Waals surface area contributed by atoms with Crippen molar-refractivity contribution in [1.29, 1.82) is 0 Å². The third kappa shape index (κ3) is 3.47. The number of amides is 1. The minimum atomic E-state index is -0.889. The number of carbonyl (C=O) groups excluding carboxylic acids is 1. The fraction of sp³-hybridized carbons (Fsp3) is 0.300. The molecule has 0 saturated carbocycles. The number of nitrogens with two attached hydrogens (primary N) is 1. The molecule has 0 saturated heterocycles. The van der Waals surface area contributed by atoms with Crippen molar-refractivity contribution in [3.8, 4) is 0 Å². The Morgan fingerprint density at radius 2 is 2.07 bits per heavy atom. The average molecular weight is 207 g/mol. The standard InChI is InChI=1S/C10H13N3O2/c1-7-2-4-8(5-3-7)10(14)12-6-9(11)13-15/h2-5,9H,6,11H2,1H3,(H,12,14)/t9-/m0/s1. The molecule has 0 bridgehead atoms. The van der Waals surface area contributed by atoms with Gasteiger partial charge in [-0.3, -0.25) is 4.79 Å². The maximum absolute atomic E-state index is 11.5. The molecular weight excluding hydrogens is 194 g/mol. The largest absolute Gasteiger partial charge is 0.348 e. The number of hydrogen-bond donors (Lipinski definition) is 2. The second-order valence-corrected chi connectivity index (χ2v) is 3.25. The van der Waals surface area contributed by atoms with Gasteiger partial charge in [0.05, 0.1) is 6.54 Å². The van der Waals surface area contributed by atoms with Crippen molar-refractivity contribution in [2.75, 3.05) is 6.54 Å². The molecular formula is C10H13N3O2. The van der Waals surface area contributed by atoms with E-state index in [1.54, 1.807) is 12.1 Å². The predicted octanol–water partition coefficient (Wildman–Crippen LogP) is 0.776. The van der Waals surface area contributed by atoms with E-state index in [0.717, 1.165) is 5.56 Å². The Morgan fingerprint density at radius 1 is 1.47 bits per heavy atom. The van der Waals surface area contributed by atoms with E-state index in [9.17, 15) is 9.70 Å². The van der Waals surface area contributed by atoms with Crippen LogP contribution in [0.25, 0.3) is 0 Å². The number of nitrogens with zero attached hydrogens (tertiary/aromatic N) is 1. The van der Waals surface area contributed by atoms with Gasteiger partial charge in [-0.2, -0.15) is 0 Å². The smallest absolute Gasteiger partial charge is 0.251 e. The van der Waals surface area contributed by atoms with E-state index in [1.165, 1.54) is 0 Å². The number of carbonyl (C=O) groups is 1. The van der Waals surface area contributed by atoms with E-state index >= 15 is 0 Å². The molecule has 1 atom stereocenters. The zero-order valence-electron chi connectivity index (χ0n) is 8.43. The molecule has 0 aliphatic heterocycles. The molecule has 0 unspecified atom stereocenters. The van der Waals surface area contributed by atoms with Gasteiger partial charge in [0.1, 0.15) is 0 Å². The Kier molecular flexibility index (Phi) is 3.93. The molecule has 1 aromatic rings. The first-order valence-corrected chi connectivity index (χ1v) is 4.56. The third-order valence-electron chi connectivity index (χ3n) is 1.92. The van der Waals surface area contributed by atoms with E-state index in [0.29, 0.717) is 5.56 Å². The average Bonchev–Trinajstić information content (AvgIpc) is 2.26. The van der Waals surface area contributed by atoms with Crippen LogP contribution >= 0.6 is 0 Å². The Morgan fingerprint density at radius 3 is 2.60 bits per heavy atom. The molecule has 3 N–H and O–H groups in total. The number of rotatable bonds is 4. The zero-order chi connectivity index (χ0) is 11.3. The zero-order valence-corrected chi connectivity index (χ0v) is 8.43. The molecule has 0 aliphatic rings. The summed E-state index contributed by atoms with van der Waals surface area (Å²) in [6.45, 7) is 1.99. The second kappa shape index (κ2) is 5.21. The molecule has 1 aromatic carbocycles. The maximum Gasteiger partial charge on any atom is 0.251 e. The van der Waals surface area contributed by atoms with Crippen LogP contribution in [0.2, 0.25) is 0 Å². The Labute approximate surface area is 87.6 Å². The third-order valence-corrected chi connectivity index (χ3v) is 1.92. The molecule has 0 radical (unpaired) electrons. The van der Waals surface area contributed by atoms with Crippen LogP contribution in [0, 0.1) is 11.8 Å². The van der Waals surface area contributed by atoms with Crippen LogP contribution in [0.3, 0.4) is 0 Å². The summed E-state index contributed by atoms with van der Waals surface area (Å²) in [7, 11) is 0. The van der Waals surface area contributed by atoms with E-state index in [-0.39, 0.29) is 12.5 Å². The van der Waals surface area contributed by atoms with E-state index in [1.807, 2.05) is 19.1 Å². The molecule has 0 fully saturated rings. The van der Waals surface area contributed by atoms with Crippen LogP contribution in [0.5, 0.6) is 0 Å². The molecule has 1 amide bonds. The lowest BCUT2D eigenvalue weighted by atomic mass is 10.1. The van der Waals surface area contributed by atoms with Gasteiger partial charge in [-0.25, -0.2) is 0 Å². The van der Waals surface area contributed by atoms with Crippen molar-refractivity contribution in [2.24, 2.45) is 10.9 Å². The quantitative estimate of drug-likeness (QED) is 0.715. The maximum atomic E-state index is 11.5. The Bertz CT molecular complexity index is 348. The van der Waals surface area contributed by atoms with Gasteiger partial charge < -0.3 is 11.1 Å². The van der Waals surface area contributed by atoms with Crippen molar-refractivity contribution in [3.63, 3.8) is 0 Å². The van der Waals surface area contributed by atoms with Gasteiger partial charge in [0.15, 0.2) is 6.17 Å². The SMILES string of the molecule is Cc1ccc(C(=O)NC[C@@H](N)N=O)cc1. The summed E-state index contributed by atoms with van der Waals surface area (Å²) in [5, 5.41) is 5.09. The number of benzene rings is 1. The molecule has 15 heavy (non-hydrogen) atoms. The Hall–Kier alpha value is -1.75. The summed E-state index contributed by atoms with van der Waals surface area (Å²) in [4.78, 5) is 21.4. The van der Waals surface area contributed by atoms with Gasteiger partial charge >= 0.3 is 0 Å². The van der Waals surface area contributed by atoms with Crippen molar-refractivity contribution in [2.45, 2.75) is 13.1 Å². The summed E-state index contributed by atoms with van der Waals surface area (Å²) < 4.78 is 0. The van der Waals surface area contributed by atoms with Crippen molar-refractivity contribution in [3.05, 3.63) is 40.3 Å². The highest BCUT2D eigenvalue weighted by Crippen LogP contribution is 2.02. The van der Waals surface area contributed by atoms with Gasteiger partial charge in [-0.1, -0.05) is 17.7 Å². The number of nitrogens with one attached hydrogen (secondary N) is 1. The number of nitroso groups, excluding NO2 is 1. The first-order chi connectivity index (χ1) is 7.13. The van der Waals surface area contributed by atoms with Gasteiger partial charge in [-0.15, -0.1) is 4.91 Å². The summed E-state index contributed by atoms with van der Waals surface area (Å²) in [5.74, 6) is -0.255. The normalized spacial score (nSPS) is 11.9. The first-order valence-electron chi connectivity index (χ1n) is 4.56. The Balaban J connectivity index is 2.54. The number of aryl methyl sites for hydroxylation is 1. The minimum Gasteiger partial charge on any atom is -0.348 e. The first kappa shape index (κ1) is 11.3. The van der Waals surface area contributed by atoms with Crippen molar-refractivity contribution >= 4 is 5.91 Å². The fourth-order valence-corrected chi connectivity index (χ4v) is 1.04. The van der Waals surface area contributed by atoms with E-state index in [2.05, 4.69) is 10.5 Å². The van der Waals surface area contributed by atoms with Gasteiger partial charge in [0.25, 0.3) is 5.91 Å². The van der Waals surface area contributed by atoms with Crippen LogP contribution in [0.15, 0.2) is 29.4 Å². The molecule has 0 aromatic heterocycles. The topological polar surface area (TPSA) is 84.6 Å². The molecule has 0 spiro atoms. The molecule has 0 heterocycles. The lowest BCUT2D eigenvalue weighted by molar-refractivity contribution is 0.0951. The lowest BCUT2D eigenvalue weighted by Gasteiger charge is -2.06. The van der Waals surface area contributed by atoms with Gasteiger partial charge in [0, 0.05) is 5.56 Å². The summed E-state index contributed by atoms with van der Waals surface area (Å²) in [6.07, 6.45) is -0.889. The minimum absolute atomic E-state index is 0.0518. The highest BCUT2D eigenvalue weighted by atomic mass is 16.3. The van der Waals surface area contributed by atoms with E-state index < -0.39 is 6.17 Å². The second-order valence-electron chi connectivity index (χ2n) is 3.25. The molecule has 5 heteroatoms. The highest BCUT2D eigenvalue weighted by Gasteiger charge is 2.07. The van der Waals surface area contributed by atoms with Crippen LogP contribution in [0.4, 0.5) is 0 Å². The van der Waals surface area contributed by atoms with Gasteiger partial charge in [0.2, 0.25) is 0 Å². The van der Waals surface area contributed by atoms with Crippen molar-refractivity contribution < 1.29 is 4.79 Å². The molecule has 0 aliphatic carbocycles. The fourth-order valence-electron chi connectivity index (χ4n) is 1.04. The van der Waals surface area contributed by atoms with Crippen molar-refractivity contribution in [1.82, 2.24) is 5.32 Å². The predicted molar refractivity (Wildman–Crippen MR) is 57.3 cm³/mol. The van der Waals surface area contributed by atoms with Crippen LogP contribution in [-0.2, 0) is 0 Å². The summed E-state index contributed by atoms with van der Waals surface area (Å²) in [5.41, 5.74) is 6.85. The molecule has 80 valence electrons. The molecule has 1 rings (SSSR count). The molecule has 5 nitrogen and oxygen atoms in total. The summed E-state index contributed by atoms with van der Waals surface area (Å²) >= 11 is 0. The van der Waals surface area contributed by atoms with E-state index in [4.69, 9.17) is 5.73 Å². The van der Waals surface area contributed by atoms with Crippen LogP contribution in [0.1, 0.15) is 15.9 Å². The van der Waals surface area contributed by atoms with Crippen LogP contribution < -0.4 is 11.1 Å². The highest BCUT2D eigenvalue weighted by molar-refractivity contribution is 5.94. The van der Waals surface area contributed by atoms with Crippen LogP contribution in [-0.4, -0.2) is 18.6 Å². The number of hydrogen-bond acceptors (Lipinski definition) is 4.